The Hall–Kier alpha value is -1.32. The third kappa shape index (κ3) is 2.60. The minimum Gasteiger partial charge on any atom is -0.344 e. The first-order valence-electron chi connectivity index (χ1n) is 6.43. The van der Waals surface area contributed by atoms with E-state index in [-0.39, 0.29) is 17.3 Å². The number of halogens is 2. The molecule has 2 aromatic carbocycles. The maximum absolute atomic E-state index is 12.3. The summed E-state index contributed by atoms with van der Waals surface area (Å²) in [6, 6.07) is 15.3. The first kappa shape index (κ1) is 13.7. The summed E-state index contributed by atoms with van der Waals surface area (Å²) in [5, 5.41) is 2.94. The fraction of sp³-hybridized carbons (Fsp3) is 0.188. The topological polar surface area (TPSA) is 29.1 Å². The summed E-state index contributed by atoms with van der Waals surface area (Å²) in [5.74, 6) is -0.0985. The number of alkyl halides is 1. The Bertz CT molecular complexity index is 658. The number of carbonyl (C=O) groups excluding carboxylic acids is 1. The molecular weight excluding hydrogens is 338 g/mol. The highest BCUT2D eigenvalue weighted by Gasteiger charge is 2.32. The summed E-state index contributed by atoms with van der Waals surface area (Å²) >= 11 is 9.76. The van der Waals surface area contributed by atoms with Gasteiger partial charge < -0.3 is 5.32 Å². The van der Waals surface area contributed by atoms with Crippen molar-refractivity contribution in [3.63, 3.8) is 0 Å². The molecule has 2 atom stereocenters. The van der Waals surface area contributed by atoms with Crippen LogP contribution in [0.4, 0.5) is 0 Å². The van der Waals surface area contributed by atoms with Crippen LogP contribution in [0.3, 0.4) is 0 Å². The highest BCUT2D eigenvalue weighted by Crippen LogP contribution is 2.34. The third-order valence-corrected chi connectivity index (χ3v) is 4.44. The van der Waals surface area contributed by atoms with Gasteiger partial charge in [-0.15, -0.1) is 11.6 Å². The smallest absolute Gasteiger partial charge is 0.251 e. The molecule has 20 heavy (non-hydrogen) atoms. The molecule has 2 unspecified atom stereocenters. The molecule has 0 aromatic heterocycles. The van der Waals surface area contributed by atoms with Crippen molar-refractivity contribution in [2.45, 2.75) is 17.8 Å². The van der Waals surface area contributed by atoms with Gasteiger partial charge in [-0.1, -0.05) is 46.3 Å². The second-order valence-electron chi connectivity index (χ2n) is 4.88. The molecule has 0 heterocycles. The Labute approximate surface area is 131 Å². The van der Waals surface area contributed by atoms with Crippen LogP contribution in [0.15, 0.2) is 53.0 Å². The summed E-state index contributed by atoms with van der Waals surface area (Å²) in [6.45, 7) is 0. The second-order valence-corrected chi connectivity index (χ2v) is 6.36. The van der Waals surface area contributed by atoms with Crippen LogP contribution >= 0.6 is 27.5 Å². The molecule has 1 amide bonds. The number of hydrogen-bond donors (Lipinski definition) is 1. The number of rotatable bonds is 2. The second kappa shape index (κ2) is 5.58. The first-order valence-corrected chi connectivity index (χ1v) is 7.66. The molecule has 102 valence electrons. The normalized spacial score (nSPS) is 20.5. The fourth-order valence-electron chi connectivity index (χ4n) is 2.57. The van der Waals surface area contributed by atoms with Gasteiger partial charge in [0.25, 0.3) is 5.91 Å². The number of carbonyl (C=O) groups is 1. The molecule has 0 spiro atoms. The van der Waals surface area contributed by atoms with Gasteiger partial charge in [0.1, 0.15) is 0 Å². The number of amides is 1. The van der Waals surface area contributed by atoms with Crippen molar-refractivity contribution in [3.05, 3.63) is 69.7 Å². The third-order valence-electron chi connectivity index (χ3n) is 3.54. The van der Waals surface area contributed by atoms with E-state index in [0.717, 1.165) is 16.5 Å². The lowest BCUT2D eigenvalue weighted by Crippen LogP contribution is -2.31. The molecule has 4 heteroatoms. The maximum Gasteiger partial charge on any atom is 0.251 e. The standard InChI is InChI=1S/C16H13BrClNO/c17-12-6-3-5-11(8-12)16(20)19-15-13-7-2-1-4-10(13)9-14(15)18/h1-8,14-15H,9H2,(H,19,20). The highest BCUT2D eigenvalue weighted by atomic mass is 79.9. The van der Waals surface area contributed by atoms with Crippen molar-refractivity contribution in [1.82, 2.24) is 5.32 Å². The van der Waals surface area contributed by atoms with E-state index in [9.17, 15) is 4.79 Å². The van der Waals surface area contributed by atoms with Crippen LogP contribution in [0.2, 0.25) is 0 Å². The molecule has 0 bridgehead atoms. The first-order chi connectivity index (χ1) is 9.65. The van der Waals surface area contributed by atoms with Gasteiger partial charge in [0.05, 0.1) is 11.4 Å². The van der Waals surface area contributed by atoms with Gasteiger partial charge in [-0.05, 0) is 35.7 Å². The summed E-state index contributed by atoms with van der Waals surface area (Å²) in [5.41, 5.74) is 2.97. The maximum atomic E-state index is 12.3. The van der Waals surface area contributed by atoms with Crippen LogP contribution in [0, 0.1) is 0 Å². The lowest BCUT2D eigenvalue weighted by molar-refractivity contribution is 0.0937. The van der Waals surface area contributed by atoms with Crippen molar-refractivity contribution in [3.8, 4) is 0 Å². The predicted molar refractivity (Wildman–Crippen MR) is 84.1 cm³/mol. The van der Waals surface area contributed by atoms with E-state index < -0.39 is 0 Å². The van der Waals surface area contributed by atoms with Crippen molar-refractivity contribution in [2.24, 2.45) is 0 Å². The quantitative estimate of drug-likeness (QED) is 0.812. The van der Waals surface area contributed by atoms with Crippen LogP contribution in [-0.2, 0) is 6.42 Å². The summed E-state index contributed by atoms with van der Waals surface area (Å²) in [7, 11) is 0. The van der Waals surface area contributed by atoms with Crippen molar-refractivity contribution in [1.29, 1.82) is 0 Å². The predicted octanol–water partition coefficient (Wildman–Crippen LogP) is 4.08. The molecule has 3 rings (SSSR count). The Kier molecular flexibility index (Phi) is 3.81. The van der Waals surface area contributed by atoms with Gasteiger partial charge in [0, 0.05) is 10.0 Å². The van der Waals surface area contributed by atoms with E-state index in [1.807, 2.05) is 30.3 Å². The monoisotopic (exact) mass is 349 g/mol. The minimum absolute atomic E-state index is 0.0940. The van der Waals surface area contributed by atoms with Crippen LogP contribution in [0.1, 0.15) is 27.5 Å². The molecule has 1 aliphatic carbocycles. The van der Waals surface area contributed by atoms with E-state index in [0.29, 0.717) is 5.56 Å². The zero-order valence-corrected chi connectivity index (χ0v) is 13.0. The van der Waals surface area contributed by atoms with E-state index in [4.69, 9.17) is 11.6 Å². The van der Waals surface area contributed by atoms with E-state index >= 15 is 0 Å². The molecular formula is C16H13BrClNO. The fourth-order valence-corrected chi connectivity index (χ4v) is 3.33. The lowest BCUT2D eigenvalue weighted by atomic mass is 10.1. The Balaban J connectivity index is 1.83. The van der Waals surface area contributed by atoms with Gasteiger partial charge in [0.15, 0.2) is 0 Å². The number of benzene rings is 2. The molecule has 0 fully saturated rings. The molecule has 1 aliphatic rings. The summed E-state index contributed by atoms with van der Waals surface area (Å²) in [6.07, 6.45) is 0.793. The van der Waals surface area contributed by atoms with Gasteiger partial charge in [0.2, 0.25) is 0 Å². The molecule has 1 N–H and O–H groups in total. The van der Waals surface area contributed by atoms with E-state index in [1.54, 1.807) is 12.1 Å². The molecule has 0 saturated carbocycles. The molecule has 0 radical (unpaired) electrons. The van der Waals surface area contributed by atoms with Gasteiger partial charge in [-0.3, -0.25) is 4.79 Å². The van der Waals surface area contributed by atoms with Crippen molar-refractivity contribution >= 4 is 33.4 Å². The van der Waals surface area contributed by atoms with Crippen LogP contribution in [0.5, 0.6) is 0 Å². The van der Waals surface area contributed by atoms with Gasteiger partial charge >= 0.3 is 0 Å². The molecule has 2 aromatic rings. The summed E-state index contributed by atoms with van der Waals surface area (Å²) in [4.78, 5) is 12.3. The van der Waals surface area contributed by atoms with Crippen LogP contribution < -0.4 is 5.32 Å². The highest BCUT2D eigenvalue weighted by molar-refractivity contribution is 9.10. The number of fused-ring (bicyclic) bond motifs is 1. The zero-order valence-electron chi connectivity index (χ0n) is 10.6. The Morgan fingerprint density at radius 3 is 2.80 bits per heavy atom. The Morgan fingerprint density at radius 2 is 2.00 bits per heavy atom. The van der Waals surface area contributed by atoms with Crippen LogP contribution in [-0.4, -0.2) is 11.3 Å². The van der Waals surface area contributed by atoms with E-state index in [1.165, 1.54) is 5.56 Å². The molecule has 0 aliphatic heterocycles. The molecule has 2 nitrogen and oxygen atoms in total. The molecule has 0 saturated heterocycles. The van der Waals surface area contributed by atoms with Crippen molar-refractivity contribution < 1.29 is 4.79 Å². The average Bonchev–Trinajstić information content (AvgIpc) is 2.75. The number of hydrogen-bond acceptors (Lipinski definition) is 1. The van der Waals surface area contributed by atoms with Crippen LogP contribution in [0.25, 0.3) is 0 Å². The zero-order chi connectivity index (χ0) is 14.1. The van der Waals surface area contributed by atoms with Gasteiger partial charge in [-0.2, -0.15) is 0 Å². The minimum atomic E-state index is -0.126. The largest absolute Gasteiger partial charge is 0.344 e. The number of nitrogens with one attached hydrogen (secondary N) is 1. The van der Waals surface area contributed by atoms with Crippen molar-refractivity contribution in [2.75, 3.05) is 0 Å². The lowest BCUT2D eigenvalue weighted by Gasteiger charge is -2.17. The van der Waals surface area contributed by atoms with Gasteiger partial charge in [-0.25, -0.2) is 0 Å². The summed E-state index contributed by atoms with van der Waals surface area (Å²) < 4.78 is 0.888. The average molecular weight is 351 g/mol. The van der Waals surface area contributed by atoms with E-state index in [2.05, 4.69) is 27.3 Å². The SMILES string of the molecule is O=C(NC1c2ccccc2CC1Cl)c1cccc(Br)c1. The Morgan fingerprint density at radius 1 is 1.20 bits per heavy atom.